The lowest BCUT2D eigenvalue weighted by Gasteiger charge is -2.20. The molecule has 0 unspecified atom stereocenters. The number of rotatable bonds is 5. The lowest BCUT2D eigenvalue weighted by atomic mass is 9.86. The number of anilines is 1. The van der Waals surface area contributed by atoms with E-state index in [4.69, 9.17) is 16.3 Å². The van der Waals surface area contributed by atoms with Gasteiger partial charge in [0, 0.05) is 6.42 Å². The van der Waals surface area contributed by atoms with Crippen LogP contribution in [0.25, 0.3) is 0 Å². The molecule has 0 aliphatic heterocycles. The summed E-state index contributed by atoms with van der Waals surface area (Å²) in [4.78, 5) is 23.8. The number of aryl methyl sites for hydroxylation is 1. The highest BCUT2D eigenvalue weighted by Gasteiger charge is 2.40. The van der Waals surface area contributed by atoms with Gasteiger partial charge in [-0.3, -0.25) is 9.59 Å². The molecule has 0 spiro atoms. The van der Waals surface area contributed by atoms with Crippen LogP contribution in [0.1, 0.15) is 37.7 Å². The highest BCUT2D eigenvalue weighted by Crippen LogP contribution is 2.49. The van der Waals surface area contributed by atoms with E-state index < -0.39 is 0 Å². The smallest absolute Gasteiger partial charge is 0.306 e. The van der Waals surface area contributed by atoms with Crippen LogP contribution in [0.2, 0.25) is 5.02 Å². The summed E-state index contributed by atoms with van der Waals surface area (Å²) in [6, 6.07) is 5.38. The van der Waals surface area contributed by atoms with Crippen LogP contribution < -0.4 is 5.32 Å². The topological polar surface area (TPSA) is 55.4 Å². The number of carbonyl (C=O) groups is 2. The Morgan fingerprint density at radius 2 is 2.13 bits per heavy atom. The van der Waals surface area contributed by atoms with E-state index in [1.54, 1.807) is 12.1 Å². The summed E-state index contributed by atoms with van der Waals surface area (Å²) < 4.78 is 5.12. The van der Waals surface area contributed by atoms with E-state index in [0.717, 1.165) is 17.9 Å². The number of ether oxygens (including phenoxy) is 1. The van der Waals surface area contributed by atoms with Crippen LogP contribution in [-0.4, -0.2) is 18.5 Å². The molecule has 0 heterocycles. The van der Waals surface area contributed by atoms with Crippen molar-refractivity contribution >= 4 is 29.2 Å². The molecule has 124 valence electrons. The average Bonchev–Trinajstić information content (AvgIpc) is 3.11. The predicted octanol–water partition coefficient (Wildman–Crippen LogP) is 3.96. The van der Waals surface area contributed by atoms with Crippen molar-refractivity contribution in [3.8, 4) is 0 Å². The van der Waals surface area contributed by atoms with Gasteiger partial charge in [0.05, 0.1) is 10.7 Å². The SMILES string of the molecule is Cc1ccc(NC(=O)COC(=O)C[C@@H]2C[C@H]3CC[C@@H]2C3)c(Cl)c1. The van der Waals surface area contributed by atoms with Gasteiger partial charge in [0.15, 0.2) is 6.61 Å². The Hall–Kier alpha value is -1.55. The van der Waals surface area contributed by atoms with Crippen molar-refractivity contribution in [3.63, 3.8) is 0 Å². The molecule has 2 aliphatic carbocycles. The summed E-state index contributed by atoms with van der Waals surface area (Å²) in [5.41, 5.74) is 1.55. The maximum Gasteiger partial charge on any atom is 0.306 e. The van der Waals surface area contributed by atoms with E-state index in [0.29, 0.717) is 29.0 Å². The van der Waals surface area contributed by atoms with Crippen molar-refractivity contribution in [1.29, 1.82) is 0 Å². The fraction of sp³-hybridized carbons (Fsp3) is 0.556. The van der Waals surface area contributed by atoms with Crippen LogP contribution >= 0.6 is 11.6 Å². The Morgan fingerprint density at radius 1 is 1.30 bits per heavy atom. The number of fused-ring (bicyclic) bond motifs is 2. The zero-order chi connectivity index (χ0) is 16.4. The number of benzene rings is 1. The van der Waals surface area contributed by atoms with Gasteiger partial charge in [-0.1, -0.05) is 24.1 Å². The highest BCUT2D eigenvalue weighted by molar-refractivity contribution is 6.33. The molecule has 1 aromatic carbocycles. The van der Waals surface area contributed by atoms with Crippen LogP contribution in [0.5, 0.6) is 0 Å². The molecule has 23 heavy (non-hydrogen) atoms. The van der Waals surface area contributed by atoms with Crippen molar-refractivity contribution in [2.45, 2.75) is 39.0 Å². The third-order valence-corrected chi connectivity index (χ3v) is 5.39. The number of nitrogens with one attached hydrogen (secondary N) is 1. The number of hydrogen-bond acceptors (Lipinski definition) is 3. The number of esters is 1. The molecule has 3 rings (SSSR count). The third kappa shape index (κ3) is 4.05. The second kappa shape index (κ2) is 6.91. The summed E-state index contributed by atoms with van der Waals surface area (Å²) in [6.45, 7) is 1.67. The minimum Gasteiger partial charge on any atom is -0.456 e. The summed E-state index contributed by atoms with van der Waals surface area (Å²) >= 11 is 6.06. The number of hydrogen-bond donors (Lipinski definition) is 1. The molecule has 0 saturated heterocycles. The zero-order valence-corrected chi connectivity index (χ0v) is 14.1. The van der Waals surface area contributed by atoms with Crippen molar-refractivity contribution < 1.29 is 14.3 Å². The Balaban J connectivity index is 1.42. The standard InChI is InChI=1S/C18H22ClNO3/c1-11-2-5-16(15(19)6-11)20-17(21)10-23-18(22)9-14-8-12-3-4-13(14)7-12/h2,5-6,12-14H,3-4,7-10H2,1H3,(H,20,21)/t12-,13+,14-/m0/s1. The first-order chi connectivity index (χ1) is 11.0. The van der Waals surface area contributed by atoms with Crippen LogP contribution in [0.4, 0.5) is 5.69 Å². The second-order valence-corrected chi connectivity index (χ2v) is 7.24. The summed E-state index contributed by atoms with van der Waals surface area (Å²) in [5.74, 6) is 1.32. The zero-order valence-electron chi connectivity index (χ0n) is 13.3. The van der Waals surface area contributed by atoms with Gasteiger partial charge < -0.3 is 10.1 Å². The minimum absolute atomic E-state index is 0.260. The van der Waals surface area contributed by atoms with Crippen LogP contribution in [0.3, 0.4) is 0 Å². The van der Waals surface area contributed by atoms with Crippen LogP contribution in [-0.2, 0) is 14.3 Å². The van der Waals surface area contributed by atoms with E-state index in [-0.39, 0.29) is 18.5 Å². The van der Waals surface area contributed by atoms with Gasteiger partial charge in [-0.2, -0.15) is 0 Å². The number of amides is 1. The molecular formula is C18H22ClNO3. The molecule has 2 fully saturated rings. The largest absolute Gasteiger partial charge is 0.456 e. The van der Waals surface area contributed by atoms with Gasteiger partial charge in [-0.05, 0) is 61.6 Å². The molecule has 2 saturated carbocycles. The van der Waals surface area contributed by atoms with E-state index in [9.17, 15) is 9.59 Å². The molecule has 0 radical (unpaired) electrons. The normalized spacial score (nSPS) is 25.4. The fourth-order valence-corrected chi connectivity index (χ4v) is 4.24. The molecule has 4 nitrogen and oxygen atoms in total. The van der Waals surface area contributed by atoms with Crippen molar-refractivity contribution in [3.05, 3.63) is 28.8 Å². The average molecular weight is 336 g/mol. The number of halogens is 1. The molecule has 2 aliphatic rings. The molecular weight excluding hydrogens is 314 g/mol. The van der Waals surface area contributed by atoms with E-state index in [1.807, 2.05) is 13.0 Å². The minimum atomic E-state index is -0.364. The summed E-state index contributed by atoms with van der Waals surface area (Å²) in [6.07, 6.45) is 5.42. The fourth-order valence-electron chi connectivity index (χ4n) is 3.95. The summed E-state index contributed by atoms with van der Waals surface area (Å²) in [5, 5.41) is 3.14. The summed E-state index contributed by atoms with van der Waals surface area (Å²) in [7, 11) is 0. The quantitative estimate of drug-likeness (QED) is 0.829. The van der Waals surface area contributed by atoms with Gasteiger partial charge in [0.2, 0.25) is 0 Å². The molecule has 1 amide bonds. The Bertz CT molecular complexity index is 616. The predicted molar refractivity (Wildman–Crippen MR) is 89.3 cm³/mol. The maximum atomic E-state index is 11.9. The van der Waals surface area contributed by atoms with Gasteiger partial charge in [-0.25, -0.2) is 0 Å². The van der Waals surface area contributed by atoms with Crippen LogP contribution in [0.15, 0.2) is 18.2 Å². The Labute approximate surface area is 141 Å². The molecule has 3 atom stereocenters. The third-order valence-electron chi connectivity index (χ3n) is 5.08. The molecule has 0 aromatic heterocycles. The van der Waals surface area contributed by atoms with Crippen molar-refractivity contribution in [2.24, 2.45) is 17.8 Å². The van der Waals surface area contributed by atoms with Crippen LogP contribution in [0, 0.1) is 24.7 Å². The van der Waals surface area contributed by atoms with E-state index >= 15 is 0 Å². The monoisotopic (exact) mass is 335 g/mol. The Morgan fingerprint density at radius 3 is 2.78 bits per heavy atom. The molecule has 1 aromatic rings. The lowest BCUT2D eigenvalue weighted by Crippen LogP contribution is -2.23. The highest BCUT2D eigenvalue weighted by atomic mass is 35.5. The first-order valence-electron chi connectivity index (χ1n) is 8.23. The van der Waals surface area contributed by atoms with Gasteiger partial charge in [0.25, 0.3) is 5.91 Å². The maximum absolute atomic E-state index is 11.9. The molecule has 1 N–H and O–H groups in total. The van der Waals surface area contributed by atoms with Gasteiger partial charge in [-0.15, -0.1) is 0 Å². The molecule has 5 heteroatoms. The lowest BCUT2D eigenvalue weighted by molar-refractivity contribution is -0.148. The van der Waals surface area contributed by atoms with E-state index in [1.165, 1.54) is 19.3 Å². The van der Waals surface area contributed by atoms with Crippen molar-refractivity contribution in [1.82, 2.24) is 0 Å². The first kappa shape index (κ1) is 16.3. The number of carbonyl (C=O) groups excluding carboxylic acids is 2. The van der Waals surface area contributed by atoms with Crippen molar-refractivity contribution in [2.75, 3.05) is 11.9 Å². The second-order valence-electron chi connectivity index (χ2n) is 6.83. The van der Waals surface area contributed by atoms with Gasteiger partial charge in [0.1, 0.15) is 0 Å². The molecule has 2 bridgehead atoms. The van der Waals surface area contributed by atoms with Gasteiger partial charge >= 0.3 is 5.97 Å². The Kier molecular flexibility index (Phi) is 4.90. The van der Waals surface area contributed by atoms with E-state index in [2.05, 4.69) is 5.32 Å². The first-order valence-corrected chi connectivity index (χ1v) is 8.60.